The predicted molar refractivity (Wildman–Crippen MR) is 105 cm³/mol. The molecule has 29 heavy (non-hydrogen) atoms. The highest BCUT2D eigenvalue weighted by molar-refractivity contribution is 6.00. The number of carbonyl (C=O) groups excluding carboxylic acids is 3. The summed E-state index contributed by atoms with van der Waals surface area (Å²) in [6, 6.07) is 9.46. The first-order chi connectivity index (χ1) is 14.1. The van der Waals surface area contributed by atoms with E-state index in [0.29, 0.717) is 32.7 Å². The van der Waals surface area contributed by atoms with E-state index >= 15 is 0 Å². The minimum atomic E-state index is -0.301. The van der Waals surface area contributed by atoms with E-state index in [1.807, 2.05) is 41.2 Å². The summed E-state index contributed by atoms with van der Waals surface area (Å²) in [5.41, 5.74) is 1.61. The van der Waals surface area contributed by atoms with Gasteiger partial charge in [0.05, 0.1) is 23.8 Å². The number of carbonyl (C=O) groups is 3. The summed E-state index contributed by atoms with van der Waals surface area (Å²) in [5, 5.41) is 7.14. The average molecular weight is 394 g/mol. The molecule has 150 valence electrons. The Kier molecular flexibility index (Phi) is 4.22. The van der Waals surface area contributed by atoms with Crippen LogP contribution >= 0.6 is 0 Å². The van der Waals surface area contributed by atoms with E-state index in [1.165, 1.54) is 0 Å². The van der Waals surface area contributed by atoms with Gasteiger partial charge in [0.25, 0.3) is 0 Å². The third-order valence-corrected chi connectivity index (χ3v) is 5.85. The van der Waals surface area contributed by atoms with Gasteiger partial charge in [-0.15, -0.1) is 0 Å². The van der Waals surface area contributed by atoms with Crippen molar-refractivity contribution in [1.82, 2.24) is 20.0 Å². The molecule has 9 nitrogen and oxygen atoms in total. The number of rotatable bonds is 4. The zero-order valence-corrected chi connectivity index (χ0v) is 15.9. The van der Waals surface area contributed by atoms with Crippen LogP contribution in [0.3, 0.4) is 0 Å². The van der Waals surface area contributed by atoms with Gasteiger partial charge in [-0.2, -0.15) is 5.10 Å². The predicted octanol–water partition coefficient (Wildman–Crippen LogP) is 0.849. The van der Waals surface area contributed by atoms with E-state index in [9.17, 15) is 14.4 Å². The lowest BCUT2D eigenvalue weighted by Gasteiger charge is -2.40. The number of urea groups is 1. The van der Waals surface area contributed by atoms with Crippen LogP contribution in [0.1, 0.15) is 12.5 Å². The number of para-hydroxylation sites is 1. The third-order valence-electron chi connectivity index (χ3n) is 5.85. The van der Waals surface area contributed by atoms with E-state index in [-0.39, 0.29) is 36.2 Å². The average Bonchev–Trinajstić information content (AvgIpc) is 3.41. The molecule has 3 fully saturated rings. The quantitative estimate of drug-likeness (QED) is 0.832. The van der Waals surface area contributed by atoms with Crippen LogP contribution in [0.5, 0.6) is 0 Å². The van der Waals surface area contributed by atoms with E-state index in [0.717, 1.165) is 11.4 Å². The zero-order valence-electron chi connectivity index (χ0n) is 15.9. The fourth-order valence-corrected chi connectivity index (χ4v) is 4.18. The molecular weight excluding hydrogens is 372 g/mol. The van der Waals surface area contributed by atoms with E-state index in [2.05, 4.69) is 10.4 Å². The molecule has 1 atom stereocenters. The topological polar surface area (TPSA) is 90.8 Å². The van der Waals surface area contributed by atoms with Crippen molar-refractivity contribution in [3.63, 3.8) is 0 Å². The molecular formula is C20H22N6O3. The number of hydrogen-bond acceptors (Lipinski definition) is 4. The van der Waals surface area contributed by atoms with Crippen LogP contribution in [0.4, 0.5) is 16.2 Å². The van der Waals surface area contributed by atoms with Crippen molar-refractivity contribution in [2.75, 3.05) is 42.5 Å². The monoisotopic (exact) mass is 394 g/mol. The van der Waals surface area contributed by atoms with Crippen LogP contribution in [0, 0.1) is 5.92 Å². The normalized spacial score (nSPS) is 22.2. The first-order valence-corrected chi connectivity index (χ1v) is 9.84. The van der Waals surface area contributed by atoms with Gasteiger partial charge in [0.1, 0.15) is 0 Å². The van der Waals surface area contributed by atoms with Crippen LogP contribution in [0.25, 0.3) is 0 Å². The molecule has 4 amide bonds. The number of nitrogens with one attached hydrogen (secondary N) is 1. The highest BCUT2D eigenvalue weighted by Crippen LogP contribution is 2.30. The third kappa shape index (κ3) is 3.12. The van der Waals surface area contributed by atoms with Crippen molar-refractivity contribution in [3.8, 4) is 0 Å². The minimum absolute atomic E-state index is 0.00719. The summed E-state index contributed by atoms with van der Waals surface area (Å²) in [7, 11) is 0. The van der Waals surface area contributed by atoms with E-state index in [4.69, 9.17) is 0 Å². The highest BCUT2D eigenvalue weighted by Gasteiger charge is 2.41. The maximum absolute atomic E-state index is 12.8. The van der Waals surface area contributed by atoms with Crippen LogP contribution in [-0.2, 0) is 9.59 Å². The van der Waals surface area contributed by atoms with Crippen LogP contribution in [0.15, 0.2) is 42.7 Å². The number of hydrogen-bond donors (Lipinski definition) is 1. The Morgan fingerprint density at radius 3 is 2.55 bits per heavy atom. The summed E-state index contributed by atoms with van der Waals surface area (Å²) in [5.74, 6) is -0.281. The van der Waals surface area contributed by atoms with Crippen molar-refractivity contribution in [2.24, 2.45) is 5.92 Å². The largest absolute Gasteiger partial charge is 0.338 e. The van der Waals surface area contributed by atoms with Gasteiger partial charge in [-0.25, -0.2) is 4.79 Å². The highest BCUT2D eigenvalue weighted by atomic mass is 16.2. The molecule has 0 bridgehead atoms. The van der Waals surface area contributed by atoms with Crippen LogP contribution < -0.4 is 15.1 Å². The van der Waals surface area contributed by atoms with Gasteiger partial charge >= 0.3 is 6.03 Å². The summed E-state index contributed by atoms with van der Waals surface area (Å²) < 4.78 is 1.82. The first-order valence-electron chi connectivity index (χ1n) is 9.84. The Balaban J connectivity index is 1.18. The Morgan fingerprint density at radius 2 is 1.83 bits per heavy atom. The molecule has 0 spiro atoms. The van der Waals surface area contributed by atoms with Crippen LogP contribution in [0.2, 0.25) is 0 Å². The van der Waals surface area contributed by atoms with Gasteiger partial charge in [-0.1, -0.05) is 18.2 Å². The molecule has 3 aliphatic heterocycles. The number of benzene rings is 1. The Bertz CT molecular complexity index is 952. The second-order valence-electron chi connectivity index (χ2n) is 7.70. The molecule has 2 aromatic rings. The lowest BCUT2D eigenvalue weighted by Crippen LogP contribution is -2.53. The number of anilines is 2. The molecule has 9 heteroatoms. The SMILES string of the molecule is O=C(C1CC(=O)N(c2ccccc2)C1)N1CC(n2cc(N3CCNC3=O)cn2)C1. The summed E-state index contributed by atoms with van der Waals surface area (Å²) in [6.45, 7) is 2.84. The Morgan fingerprint density at radius 1 is 1.03 bits per heavy atom. The Hall–Kier alpha value is -3.36. The van der Waals surface area contributed by atoms with Gasteiger partial charge in [0.15, 0.2) is 0 Å². The number of aromatic nitrogens is 2. The van der Waals surface area contributed by atoms with Crippen molar-refractivity contribution >= 4 is 29.2 Å². The van der Waals surface area contributed by atoms with Crippen molar-refractivity contribution < 1.29 is 14.4 Å². The lowest BCUT2D eigenvalue weighted by molar-refractivity contribution is -0.141. The molecule has 0 saturated carbocycles. The van der Waals surface area contributed by atoms with Gasteiger partial charge in [-0.05, 0) is 12.1 Å². The molecule has 4 heterocycles. The van der Waals surface area contributed by atoms with E-state index in [1.54, 1.807) is 20.9 Å². The minimum Gasteiger partial charge on any atom is -0.338 e. The van der Waals surface area contributed by atoms with Gasteiger partial charge in [0.2, 0.25) is 11.8 Å². The summed E-state index contributed by atoms with van der Waals surface area (Å²) in [4.78, 5) is 42.1. The molecule has 3 aliphatic rings. The molecule has 0 aliphatic carbocycles. The second kappa shape index (κ2) is 6.91. The van der Waals surface area contributed by atoms with Crippen LogP contribution in [-0.4, -0.2) is 65.2 Å². The number of amides is 4. The summed E-state index contributed by atoms with van der Waals surface area (Å²) >= 11 is 0. The standard InChI is InChI=1S/C20H22N6O3/c27-18-8-14(10-25(18)15-4-2-1-3-5-15)19(28)23-11-17(12-23)26-13-16(9-22-26)24-7-6-21-20(24)29/h1-5,9,13-14,17H,6-8,10-12H2,(H,21,29). The molecule has 0 radical (unpaired) electrons. The van der Waals surface area contributed by atoms with Gasteiger partial charge in [-0.3, -0.25) is 19.2 Å². The molecule has 1 aromatic carbocycles. The molecule has 1 unspecified atom stereocenters. The summed E-state index contributed by atoms with van der Waals surface area (Å²) in [6.07, 6.45) is 3.79. The molecule has 3 saturated heterocycles. The smallest absolute Gasteiger partial charge is 0.322 e. The Labute approximate surface area is 167 Å². The molecule has 1 N–H and O–H groups in total. The molecule has 1 aromatic heterocycles. The number of likely N-dealkylation sites (tertiary alicyclic amines) is 1. The molecule has 5 rings (SSSR count). The zero-order chi connectivity index (χ0) is 20.0. The fraction of sp³-hybridized carbons (Fsp3) is 0.400. The number of nitrogens with zero attached hydrogens (tertiary/aromatic N) is 5. The van der Waals surface area contributed by atoms with E-state index < -0.39 is 0 Å². The lowest BCUT2D eigenvalue weighted by atomic mass is 10.0. The van der Waals surface area contributed by atoms with Crippen molar-refractivity contribution in [2.45, 2.75) is 12.5 Å². The maximum Gasteiger partial charge on any atom is 0.322 e. The fourth-order valence-electron chi connectivity index (χ4n) is 4.18. The van der Waals surface area contributed by atoms with Gasteiger partial charge in [0, 0.05) is 51.0 Å². The van der Waals surface area contributed by atoms with Crippen molar-refractivity contribution in [3.05, 3.63) is 42.7 Å². The maximum atomic E-state index is 12.8. The second-order valence-corrected chi connectivity index (χ2v) is 7.70. The van der Waals surface area contributed by atoms with Crippen molar-refractivity contribution in [1.29, 1.82) is 0 Å². The first kappa shape index (κ1) is 17.7. The van der Waals surface area contributed by atoms with Gasteiger partial charge < -0.3 is 15.1 Å².